The minimum Gasteiger partial charge on any atom is -0.307 e. The van der Waals surface area contributed by atoms with Crippen molar-refractivity contribution in [1.29, 1.82) is 0 Å². The van der Waals surface area contributed by atoms with Crippen molar-refractivity contribution in [3.8, 4) is 0 Å². The Bertz CT molecular complexity index is 325. The van der Waals surface area contributed by atoms with E-state index >= 15 is 0 Å². The Morgan fingerprint density at radius 2 is 2.29 bits per heavy atom. The lowest BCUT2D eigenvalue weighted by Gasteiger charge is -2.28. The second kappa shape index (κ2) is 4.07. The Hall–Kier alpha value is -0.930. The summed E-state index contributed by atoms with van der Waals surface area (Å²) in [5.41, 5.74) is 2.42. The average molecular weight is 194 g/mol. The number of nitrogens with zero attached hydrogens (tertiary/aromatic N) is 1. The van der Waals surface area contributed by atoms with Gasteiger partial charge in [-0.1, -0.05) is 6.07 Å². The molecule has 1 aromatic rings. The van der Waals surface area contributed by atoms with E-state index in [2.05, 4.69) is 10.2 Å². The van der Waals surface area contributed by atoms with Crippen LogP contribution in [0.15, 0.2) is 18.2 Å². The molecule has 0 atom stereocenters. The molecule has 0 amide bonds. The molecule has 76 valence electrons. The van der Waals surface area contributed by atoms with Crippen LogP contribution in [0.25, 0.3) is 0 Å². The SMILES string of the molecule is CNCN1CCc2ccc(F)cc2C1. The van der Waals surface area contributed by atoms with Gasteiger partial charge in [-0.3, -0.25) is 4.90 Å². The summed E-state index contributed by atoms with van der Waals surface area (Å²) >= 11 is 0. The van der Waals surface area contributed by atoms with E-state index < -0.39 is 0 Å². The van der Waals surface area contributed by atoms with Crippen LogP contribution in [0.2, 0.25) is 0 Å². The van der Waals surface area contributed by atoms with Gasteiger partial charge in [0.1, 0.15) is 5.82 Å². The maximum absolute atomic E-state index is 13.0. The molecule has 0 spiro atoms. The quantitative estimate of drug-likeness (QED) is 0.764. The summed E-state index contributed by atoms with van der Waals surface area (Å²) < 4.78 is 13.0. The summed E-state index contributed by atoms with van der Waals surface area (Å²) in [6.07, 6.45) is 1.03. The van der Waals surface area contributed by atoms with Crippen molar-refractivity contribution in [2.45, 2.75) is 13.0 Å². The zero-order chi connectivity index (χ0) is 9.97. The molecule has 1 heterocycles. The first-order valence-electron chi connectivity index (χ1n) is 4.94. The fourth-order valence-corrected chi connectivity index (χ4v) is 1.94. The van der Waals surface area contributed by atoms with Gasteiger partial charge in [0.25, 0.3) is 0 Å². The molecule has 0 saturated heterocycles. The van der Waals surface area contributed by atoms with Crippen LogP contribution in [0.1, 0.15) is 11.1 Å². The third-order valence-corrected chi connectivity index (χ3v) is 2.64. The maximum Gasteiger partial charge on any atom is 0.123 e. The number of fused-ring (bicyclic) bond motifs is 1. The van der Waals surface area contributed by atoms with E-state index in [-0.39, 0.29) is 5.82 Å². The second-order valence-electron chi connectivity index (χ2n) is 3.73. The lowest BCUT2D eigenvalue weighted by atomic mass is 10.00. The highest BCUT2D eigenvalue weighted by molar-refractivity contribution is 5.29. The highest BCUT2D eigenvalue weighted by Gasteiger charge is 2.15. The summed E-state index contributed by atoms with van der Waals surface area (Å²) in [5.74, 6) is -0.130. The van der Waals surface area contributed by atoms with Crippen LogP contribution in [0, 0.1) is 5.82 Å². The topological polar surface area (TPSA) is 15.3 Å². The monoisotopic (exact) mass is 194 g/mol. The van der Waals surface area contributed by atoms with Crippen LogP contribution in [-0.2, 0) is 13.0 Å². The maximum atomic E-state index is 13.0. The van der Waals surface area contributed by atoms with Crippen LogP contribution >= 0.6 is 0 Å². The average Bonchev–Trinajstić information content (AvgIpc) is 2.17. The Balaban J connectivity index is 2.16. The van der Waals surface area contributed by atoms with E-state index in [1.165, 1.54) is 5.56 Å². The largest absolute Gasteiger partial charge is 0.307 e. The third kappa shape index (κ3) is 1.94. The van der Waals surface area contributed by atoms with Crippen LogP contribution < -0.4 is 5.32 Å². The Kier molecular flexibility index (Phi) is 2.79. The normalized spacial score (nSPS) is 16.7. The number of rotatable bonds is 2. The zero-order valence-corrected chi connectivity index (χ0v) is 8.39. The molecular formula is C11H15FN2. The van der Waals surface area contributed by atoms with Gasteiger partial charge < -0.3 is 5.32 Å². The highest BCUT2D eigenvalue weighted by Crippen LogP contribution is 2.19. The molecule has 1 aliphatic rings. The van der Waals surface area contributed by atoms with Gasteiger partial charge in [-0.2, -0.15) is 0 Å². The van der Waals surface area contributed by atoms with Gasteiger partial charge in [-0.15, -0.1) is 0 Å². The first kappa shape index (κ1) is 9.62. The molecule has 0 fully saturated rings. The van der Waals surface area contributed by atoms with Crippen molar-refractivity contribution in [3.05, 3.63) is 35.1 Å². The number of hydrogen-bond acceptors (Lipinski definition) is 2. The first-order valence-corrected chi connectivity index (χ1v) is 4.94. The molecule has 0 bridgehead atoms. The van der Waals surface area contributed by atoms with Gasteiger partial charge in [0.05, 0.1) is 0 Å². The second-order valence-corrected chi connectivity index (χ2v) is 3.73. The van der Waals surface area contributed by atoms with Crippen LogP contribution in [0.4, 0.5) is 4.39 Å². The molecule has 1 aromatic carbocycles. The molecular weight excluding hydrogens is 179 g/mol. The lowest BCUT2D eigenvalue weighted by molar-refractivity contribution is 0.241. The molecule has 14 heavy (non-hydrogen) atoms. The highest BCUT2D eigenvalue weighted by atomic mass is 19.1. The zero-order valence-electron chi connectivity index (χ0n) is 8.39. The minimum absolute atomic E-state index is 0.130. The van der Waals surface area contributed by atoms with Crippen molar-refractivity contribution in [2.24, 2.45) is 0 Å². The van der Waals surface area contributed by atoms with Crippen molar-refractivity contribution in [2.75, 3.05) is 20.3 Å². The first-order chi connectivity index (χ1) is 6.79. The summed E-state index contributed by atoms with van der Waals surface area (Å²) in [7, 11) is 1.93. The van der Waals surface area contributed by atoms with Gasteiger partial charge in [0.15, 0.2) is 0 Å². The van der Waals surface area contributed by atoms with Crippen LogP contribution in [0.3, 0.4) is 0 Å². The molecule has 3 heteroatoms. The molecule has 0 radical (unpaired) electrons. The predicted molar refractivity (Wildman–Crippen MR) is 54.4 cm³/mol. The van der Waals surface area contributed by atoms with E-state index in [1.807, 2.05) is 13.1 Å². The van der Waals surface area contributed by atoms with Crippen LogP contribution in [-0.4, -0.2) is 25.2 Å². The molecule has 0 saturated carbocycles. The Morgan fingerprint density at radius 1 is 1.43 bits per heavy atom. The van der Waals surface area contributed by atoms with Gasteiger partial charge in [0, 0.05) is 19.8 Å². The van der Waals surface area contributed by atoms with Crippen molar-refractivity contribution >= 4 is 0 Å². The summed E-state index contributed by atoms with van der Waals surface area (Å²) in [6, 6.07) is 5.10. The summed E-state index contributed by atoms with van der Waals surface area (Å²) in [5, 5.41) is 3.12. The Labute approximate surface area is 83.7 Å². The molecule has 1 aliphatic heterocycles. The predicted octanol–water partition coefficient (Wildman–Crippen LogP) is 1.36. The van der Waals surface area contributed by atoms with Crippen molar-refractivity contribution in [3.63, 3.8) is 0 Å². The fourth-order valence-electron chi connectivity index (χ4n) is 1.94. The Morgan fingerprint density at radius 3 is 3.07 bits per heavy atom. The fraction of sp³-hybridized carbons (Fsp3) is 0.455. The van der Waals surface area contributed by atoms with E-state index in [4.69, 9.17) is 0 Å². The van der Waals surface area contributed by atoms with E-state index in [9.17, 15) is 4.39 Å². The number of halogens is 1. The molecule has 0 aromatic heterocycles. The molecule has 2 nitrogen and oxygen atoms in total. The minimum atomic E-state index is -0.130. The molecule has 0 unspecified atom stereocenters. The van der Waals surface area contributed by atoms with Gasteiger partial charge >= 0.3 is 0 Å². The standard InChI is InChI=1S/C11H15FN2/c1-13-8-14-5-4-9-2-3-11(12)6-10(9)7-14/h2-3,6,13H,4-5,7-8H2,1H3. The number of benzene rings is 1. The van der Waals surface area contributed by atoms with Crippen molar-refractivity contribution < 1.29 is 4.39 Å². The lowest BCUT2D eigenvalue weighted by Crippen LogP contribution is -2.36. The third-order valence-electron chi connectivity index (χ3n) is 2.64. The van der Waals surface area contributed by atoms with Gasteiger partial charge in [-0.05, 0) is 36.7 Å². The van der Waals surface area contributed by atoms with E-state index in [0.717, 1.165) is 31.7 Å². The summed E-state index contributed by atoms with van der Waals surface area (Å²) in [6.45, 7) is 2.78. The molecule has 0 aliphatic carbocycles. The van der Waals surface area contributed by atoms with E-state index in [1.54, 1.807) is 12.1 Å². The van der Waals surface area contributed by atoms with Crippen molar-refractivity contribution in [1.82, 2.24) is 10.2 Å². The molecule has 2 rings (SSSR count). The number of hydrogen-bond donors (Lipinski definition) is 1. The smallest absolute Gasteiger partial charge is 0.123 e. The van der Waals surface area contributed by atoms with Crippen LogP contribution in [0.5, 0.6) is 0 Å². The summed E-state index contributed by atoms with van der Waals surface area (Å²) in [4.78, 5) is 2.28. The van der Waals surface area contributed by atoms with E-state index in [0.29, 0.717) is 0 Å². The number of nitrogens with one attached hydrogen (secondary N) is 1. The molecule has 1 N–H and O–H groups in total. The van der Waals surface area contributed by atoms with Gasteiger partial charge in [0.2, 0.25) is 0 Å². The van der Waals surface area contributed by atoms with Gasteiger partial charge in [-0.25, -0.2) is 4.39 Å².